The number of imide groups is 2. The van der Waals surface area contributed by atoms with Crippen LogP contribution < -0.4 is 9.47 Å². The van der Waals surface area contributed by atoms with E-state index < -0.39 is 0 Å². The molecule has 2 aliphatic rings. The molecule has 0 aliphatic carbocycles. The van der Waals surface area contributed by atoms with Crippen molar-refractivity contribution in [2.45, 2.75) is 26.7 Å². The fourth-order valence-corrected chi connectivity index (χ4v) is 7.74. The minimum Gasteiger partial charge on any atom is -0.457 e. The van der Waals surface area contributed by atoms with Crippen LogP contribution >= 0.6 is 0 Å². The molecule has 0 fully saturated rings. The van der Waals surface area contributed by atoms with Crippen LogP contribution in [0.4, 0.5) is 0 Å². The van der Waals surface area contributed by atoms with Crippen LogP contribution in [0, 0.1) is 0 Å². The van der Waals surface area contributed by atoms with Crippen LogP contribution in [0.2, 0.25) is 0 Å². The molecule has 0 bridgehead atoms. The summed E-state index contributed by atoms with van der Waals surface area (Å²) < 4.78 is 13.2. The maximum Gasteiger partial charge on any atom is 0.261 e. The standard InChI is InChI=1S/C42H30N2O6/c1-3-19-43-39(45)27-17-15-25-36-32(50-24-13-9-6-10-14-24)22-30-34-28(40(46)44(20-4-2)42(30)48)18-16-26(38(34)36)35-31(49-23-11-7-5-8-12-23)21-29(41(43)47)33(27)37(25)35/h5-18,21-22H,3-4,19-20H2,1-2H3. The van der Waals surface area contributed by atoms with Crippen LogP contribution in [-0.4, -0.2) is 46.5 Å². The van der Waals surface area contributed by atoms with Crippen LogP contribution in [0.15, 0.2) is 97.1 Å². The maximum atomic E-state index is 14.1. The lowest BCUT2D eigenvalue weighted by molar-refractivity contribution is 0.0595. The average Bonchev–Trinajstić information content (AvgIpc) is 3.14. The van der Waals surface area contributed by atoms with Gasteiger partial charge in [0, 0.05) is 56.5 Å². The van der Waals surface area contributed by atoms with Crippen LogP contribution in [0.1, 0.15) is 68.1 Å². The van der Waals surface area contributed by atoms with E-state index in [0.717, 1.165) is 0 Å². The molecule has 0 atom stereocenters. The Bertz CT molecular complexity index is 2410. The zero-order valence-corrected chi connectivity index (χ0v) is 27.4. The molecule has 0 aromatic heterocycles. The number of fused-ring (bicyclic) bond motifs is 2. The van der Waals surface area contributed by atoms with Gasteiger partial charge in [0.05, 0.1) is 11.1 Å². The van der Waals surface area contributed by atoms with E-state index in [0.29, 0.717) is 101 Å². The van der Waals surface area contributed by atoms with Gasteiger partial charge in [-0.1, -0.05) is 62.4 Å². The Morgan fingerprint density at radius 2 is 0.820 bits per heavy atom. The molecule has 2 heterocycles. The van der Waals surface area contributed by atoms with Crippen LogP contribution in [0.5, 0.6) is 23.0 Å². The van der Waals surface area contributed by atoms with E-state index in [1.54, 1.807) is 24.3 Å². The smallest absolute Gasteiger partial charge is 0.261 e. The lowest BCUT2D eigenvalue weighted by atomic mass is 9.81. The van der Waals surface area contributed by atoms with Crippen LogP contribution in [0.3, 0.4) is 0 Å². The first kappa shape index (κ1) is 29.8. The third kappa shape index (κ3) is 4.11. The fraction of sp³-hybridized carbons (Fsp3) is 0.143. The van der Waals surface area contributed by atoms with E-state index in [1.165, 1.54) is 9.80 Å². The van der Waals surface area contributed by atoms with E-state index in [1.807, 2.05) is 86.6 Å². The Morgan fingerprint density at radius 1 is 0.440 bits per heavy atom. The van der Waals surface area contributed by atoms with Crippen molar-refractivity contribution in [3.63, 3.8) is 0 Å². The summed E-state index contributed by atoms with van der Waals surface area (Å²) in [6.07, 6.45) is 1.24. The number of para-hydroxylation sites is 2. The molecule has 50 heavy (non-hydrogen) atoms. The molecule has 0 unspecified atom stereocenters. The van der Waals surface area contributed by atoms with Crippen molar-refractivity contribution in [2.75, 3.05) is 13.1 Å². The van der Waals surface area contributed by atoms with Crippen molar-refractivity contribution in [1.82, 2.24) is 9.80 Å². The van der Waals surface area contributed by atoms with E-state index in [2.05, 4.69) is 0 Å². The second-order valence-corrected chi connectivity index (χ2v) is 12.8. The summed E-state index contributed by atoms with van der Waals surface area (Å²) in [7, 11) is 0. The number of hydrogen-bond donors (Lipinski definition) is 0. The Morgan fingerprint density at radius 3 is 1.20 bits per heavy atom. The summed E-state index contributed by atoms with van der Waals surface area (Å²) in [5.74, 6) is 0.540. The molecule has 244 valence electrons. The van der Waals surface area contributed by atoms with Crippen LogP contribution in [-0.2, 0) is 0 Å². The SMILES string of the molecule is CCCN1C(=O)c2ccc3c4c(Oc5ccccc5)cc5c6c(ccc(c7c(Oc8ccccc8)cc(c2c37)C1=O)c64)C(=O)N(CCC)C5=O. The van der Waals surface area contributed by atoms with Gasteiger partial charge in [0.1, 0.15) is 23.0 Å². The van der Waals surface area contributed by atoms with Crippen molar-refractivity contribution < 1.29 is 28.7 Å². The molecular weight excluding hydrogens is 628 g/mol. The van der Waals surface area contributed by atoms with Gasteiger partial charge in [0.25, 0.3) is 23.6 Å². The van der Waals surface area contributed by atoms with Crippen LogP contribution in [0.25, 0.3) is 43.1 Å². The fourth-order valence-electron chi connectivity index (χ4n) is 7.74. The predicted octanol–water partition coefficient (Wildman–Crippen LogP) is 9.33. The molecule has 0 radical (unpaired) electrons. The Hall–Kier alpha value is -6.28. The summed E-state index contributed by atoms with van der Waals surface area (Å²) in [5, 5.41) is 5.22. The molecule has 0 saturated carbocycles. The number of carbonyl (C=O) groups excluding carboxylic acids is 4. The van der Waals surface area contributed by atoms with Crippen molar-refractivity contribution in [2.24, 2.45) is 0 Å². The number of hydrogen-bond acceptors (Lipinski definition) is 6. The predicted molar refractivity (Wildman–Crippen MR) is 192 cm³/mol. The first-order valence-electron chi connectivity index (χ1n) is 16.9. The Kier molecular flexibility index (Phi) is 6.64. The van der Waals surface area contributed by atoms with Gasteiger partial charge in [-0.05, 0) is 72.1 Å². The van der Waals surface area contributed by atoms with Crippen molar-refractivity contribution in [3.05, 3.63) is 119 Å². The van der Waals surface area contributed by atoms with Crippen molar-refractivity contribution in [1.29, 1.82) is 0 Å². The molecule has 4 amide bonds. The zero-order valence-electron chi connectivity index (χ0n) is 27.4. The number of rotatable bonds is 8. The van der Waals surface area contributed by atoms with Gasteiger partial charge >= 0.3 is 0 Å². The first-order chi connectivity index (χ1) is 24.4. The zero-order chi connectivity index (χ0) is 34.3. The third-order valence-corrected chi connectivity index (χ3v) is 9.77. The highest BCUT2D eigenvalue weighted by Crippen LogP contribution is 2.52. The van der Waals surface area contributed by atoms with Gasteiger partial charge in [-0.25, -0.2) is 0 Å². The molecule has 9 rings (SSSR count). The van der Waals surface area contributed by atoms with Gasteiger partial charge in [-0.3, -0.25) is 29.0 Å². The lowest BCUT2D eigenvalue weighted by Crippen LogP contribution is -2.41. The van der Waals surface area contributed by atoms with E-state index in [4.69, 9.17) is 9.47 Å². The number of benzene rings is 7. The van der Waals surface area contributed by atoms with Gasteiger partial charge < -0.3 is 9.47 Å². The highest BCUT2D eigenvalue weighted by Gasteiger charge is 2.38. The number of carbonyl (C=O) groups is 4. The van der Waals surface area contributed by atoms with Crippen molar-refractivity contribution in [3.8, 4) is 23.0 Å². The highest BCUT2D eigenvalue weighted by molar-refractivity contribution is 6.43. The molecular formula is C42H30N2O6. The normalized spacial score (nSPS) is 14.2. The number of nitrogens with zero attached hydrogens (tertiary/aromatic N) is 2. The second-order valence-electron chi connectivity index (χ2n) is 12.8. The lowest BCUT2D eigenvalue weighted by Gasteiger charge is -2.31. The number of ether oxygens (including phenoxy) is 2. The minimum atomic E-state index is -0.380. The summed E-state index contributed by atoms with van der Waals surface area (Å²) in [6, 6.07) is 29.4. The molecule has 7 aromatic carbocycles. The van der Waals surface area contributed by atoms with E-state index >= 15 is 0 Å². The van der Waals surface area contributed by atoms with E-state index in [9.17, 15) is 19.2 Å². The molecule has 0 spiro atoms. The summed E-state index contributed by atoms with van der Waals surface area (Å²) in [6.45, 7) is 4.44. The van der Waals surface area contributed by atoms with E-state index in [-0.39, 0.29) is 36.7 Å². The molecule has 0 N–H and O–H groups in total. The minimum absolute atomic E-state index is 0.289. The largest absolute Gasteiger partial charge is 0.457 e. The topological polar surface area (TPSA) is 93.2 Å². The third-order valence-electron chi connectivity index (χ3n) is 9.77. The highest BCUT2D eigenvalue weighted by atomic mass is 16.5. The second kappa shape index (κ2) is 11.1. The average molecular weight is 659 g/mol. The maximum absolute atomic E-state index is 14.1. The molecule has 0 saturated heterocycles. The summed E-state index contributed by atoms with van der Waals surface area (Å²) >= 11 is 0. The monoisotopic (exact) mass is 658 g/mol. The van der Waals surface area contributed by atoms with Gasteiger partial charge in [0.15, 0.2) is 0 Å². The molecule has 7 aromatic rings. The number of amides is 4. The molecule has 8 heteroatoms. The summed E-state index contributed by atoms with van der Waals surface area (Å²) in [5.41, 5.74) is 1.61. The first-order valence-corrected chi connectivity index (χ1v) is 16.9. The Balaban J connectivity index is 1.48. The summed E-state index contributed by atoms with van der Waals surface area (Å²) in [4.78, 5) is 58.7. The quantitative estimate of drug-likeness (QED) is 0.0918. The Labute approximate surface area is 286 Å². The van der Waals surface area contributed by atoms with Gasteiger partial charge in [0.2, 0.25) is 0 Å². The molecule has 8 nitrogen and oxygen atoms in total. The van der Waals surface area contributed by atoms with Crippen molar-refractivity contribution >= 4 is 66.7 Å². The van der Waals surface area contributed by atoms with Gasteiger partial charge in [-0.15, -0.1) is 0 Å². The molecule has 2 aliphatic heterocycles. The van der Waals surface area contributed by atoms with Gasteiger partial charge in [-0.2, -0.15) is 0 Å².